The lowest BCUT2D eigenvalue weighted by molar-refractivity contribution is -0.133. The Morgan fingerprint density at radius 3 is 3.00 bits per heavy atom. The molecule has 5 N–H and O–H groups in total. The maximum Gasteiger partial charge on any atom is 0.234 e. The van der Waals surface area contributed by atoms with E-state index in [1.807, 2.05) is 6.92 Å². The summed E-state index contributed by atoms with van der Waals surface area (Å²) in [6.45, 7) is 2.34. The van der Waals surface area contributed by atoms with Crippen LogP contribution in [0.2, 0.25) is 0 Å². The maximum absolute atomic E-state index is 12.2. The van der Waals surface area contributed by atoms with E-state index in [1.165, 1.54) is 0 Å². The number of nitrogens with two attached hydrogens (primary N) is 1. The molecule has 1 aromatic heterocycles. The average molecular weight is 251 g/mol. The van der Waals surface area contributed by atoms with Gasteiger partial charge in [-0.3, -0.25) is 4.79 Å². The minimum absolute atomic E-state index is 0.0162. The Labute approximate surface area is 104 Å². The molecule has 7 heteroatoms. The first-order valence-corrected chi connectivity index (χ1v) is 5.83. The molecule has 0 aliphatic heterocycles. The van der Waals surface area contributed by atoms with E-state index < -0.39 is 5.41 Å². The molecular formula is C11H17N5O2. The molecule has 2 rings (SSSR count). The number of carbonyl (C=O) groups excluding carboxylic acids is 1. The summed E-state index contributed by atoms with van der Waals surface area (Å²) in [5.41, 5.74) is 4.78. The third kappa shape index (κ3) is 2.03. The first-order chi connectivity index (χ1) is 8.58. The SMILES string of the molecule is CC1CC(C(=O)NCc2ncc[nH]2)(/C(N)=N/O)C1. The molecule has 0 radical (unpaired) electrons. The van der Waals surface area contributed by atoms with Crippen LogP contribution in [0.3, 0.4) is 0 Å². The maximum atomic E-state index is 12.2. The second kappa shape index (κ2) is 4.67. The van der Waals surface area contributed by atoms with Crippen molar-refractivity contribution < 1.29 is 10.0 Å². The predicted octanol–water partition coefficient (Wildman–Crippen LogP) is 0.189. The van der Waals surface area contributed by atoms with Crippen LogP contribution in [-0.2, 0) is 11.3 Å². The molecule has 0 bridgehead atoms. The van der Waals surface area contributed by atoms with E-state index in [4.69, 9.17) is 10.9 Å². The minimum Gasteiger partial charge on any atom is -0.409 e. The number of rotatable bonds is 4. The molecule has 1 saturated carbocycles. The molecule has 0 unspecified atom stereocenters. The first-order valence-electron chi connectivity index (χ1n) is 5.83. The van der Waals surface area contributed by atoms with Crippen LogP contribution in [0.4, 0.5) is 0 Å². The highest BCUT2D eigenvalue weighted by Crippen LogP contribution is 2.45. The van der Waals surface area contributed by atoms with Crippen molar-refractivity contribution >= 4 is 11.7 Å². The zero-order valence-corrected chi connectivity index (χ0v) is 10.2. The Kier molecular flexibility index (Phi) is 3.22. The van der Waals surface area contributed by atoms with Gasteiger partial charge in [0, 0.05) is 12.4 Å². The quantitative estimate of drug-likeness (QED) is 0.264. The van der Waals surface area contributed by atoms with Gasteiger partial charge in [-0.15, -0.1) is 0 Å². The number of hydrogen-bond donors (Lipinski definition) is 4. The fourth-order valence-corrected chi connectivity index (χ4v) is 2.46. The van der Waals surface area contributed by atoms with E-state index in [0.717, 1.165) is 0 Å². The summed E-state index contributed by atoms with van der Waals surface area (Å²) >= 11 is 0. The fourth-order valence-electron chi connectivity index (χ4n) is 2.46. The van der Waals surface area contributed by atoms with Crippen molar-refractivity contribution in [1.29, 1.82) is 0 Å². The van der Waals surface area contributed by atoms with Crippen LogP contribution in [0.15, 0.2) is 17.5 Å². The van der Waals surface area contributed by atoms with Crippen molar-refractivity contribution in [3.63, 3.8) is 0 Å². The van der Waals surface area contributed by atoms with Crippen LogP contribution in [0.25, 0.3) is 0 Å². The number of aromatic amines is 1. The molecule has 1 aromatic rings. The number of oxime groups is 1. The van der Waals surface area contributed by atoms with Crippen molar-refractivity contribution in [3.05, 3.63) is 18.2 Å². The van der Waals surface area contributed by atoms with Gasteiger partial charge < -0.3 is 21.2 Å². The van der Waals surface area contributed by atoms with E-state index >= 15 is 0 Å². The molecule has 1 aliphatic rings. The number of hydrogen-bond acceptors (Lipinski definition) is 4. The minimum atomic E-state index is -0.860. The lowest BCUT2D eigenvalue weighted by Gasteiger charge is -2.43. The van der Waals surface area contributed by atoms with Crippen LogP contribution in [-0.4, -0.2) is 26.9 Å². The van der Waals surface area contributed by atoms with E-state index in [0.29, 0.717) is 31.1 Å². The summed E-state index contributed by atoms with van der Waals surface area (Å²) in [6.07, 6.45) is 4.51. The van der Waals surface area contributed by atoms with Gasteiger partial charge in [0.15, 0.2) is 5.84 Å². The predicted molar refractivity (Wildman–Crippen MR) is 64.7 cm³/mol. The first kappa shape index (κ1) is 12.4. The number of imidazole rings is 1. The number of aromatic nitrogens is 2. The van der Waals surface area contributed by atoms with Crippen molar-refractivity contribution in [1.82, 2.24) is 15.3 Å². The molecule has 18 heavy (non-hydrogen) atoms. The standard InChI is InChI=1S/C11H17N5O2/c1-7-4-11(5-7,9(12)16-18)10(17)15-6-8-13-2-3-14-8/h2-3,7,18H,4-6H2,1H3,(H2,12,16)(H,13,14)(H,15,17). The zero-order valence-electron chi connectivity index (χ0n) is 10.2. The number of amidine groups is 1. The van der Waals surface area contributed by atoms with Crippen molar-refractivity contribution in [2.75, 3.05) is 0 Å². The lowest BCUT2D eigenvalue weighted by atomic mass is 9.61. The summed E-state index contributed by atoms with van der Waals surface area (Å²) in [6, 6.07) is 0. The Morgan fingerprint density at radius 1 is 1.78 bits per heavy atom. The lowest BCUT2D eigenvalue weighted by Crippen LogP contribution is -2.56. The number of H-pyrrole nitrogens is 1. The highest BCUT2D eigenvalue weighted by Gasteiger charge is 2.52. The Balaban J connectivity index is 2.01. The molecule has 98 valence electrons. The number of nitrogens with one attached hydrogen (secondary N) is 2. The molecule has 0 spiro atoms. The van der Waals surface area contributed by atoms with Gasteiger partial charge in [-0.05, 0) is 18.8 Å². The highest BCUT2D eigenvalue weighted by atomic mass is 16.4. The molecule has 1 fully saturated rings. The third-order valence-corrected chi connectivity index (χ3v) is 3.40. The second-order valence-electron chi connectivity index (χ2n) is 4.80. The number of carbonyl (C=O) groups is 1. The second-order valence-corrected chi connectivity index (χ2v) is 4.80. The molecule has 7 nitrogen and oxygen atoms in total. The molecule has 1 heterocycles. The Morgan fingerprint density at radius 2 is 2.50 bits per heavy atom. The summed E-state index contributed by atoms with van der Waals surface area (Å²) < 4.78 is 0. The fraction of sp³-hybridized carbons (Fsp3) is 0.545. The Hall–Kier alpha value is -2.05. The normalized spacial score (nSPS) is 27.6. The van der Waals surface area contributed by atoms with E-state index in [-0.39, 0.29) is 11.7 Å². The van der Waals surface area contributed by atoms with Crippen LogP contribution in [0.1, 0.15) is 25.6 Å². The van der Waals surface area contributed by atoms with E-state index in [2.05, 4.69) is 20.4 Å². The summed E-state index contributed by atoms with van der Waals surface area (Å²) in [4.78, 5) is 19.1. The molecule has 0 atom stereocenters. The van der Waals surface area contributed by atoms with Gasteiger partial charge in [0.1, 0.15) is 11.2 Å². The number of nitrogens with zero attached hydrogens (tertiary/aromatic N) is 2. The van der Waals surface area contributed by atoms with Crippen molar-refractivity contribution in [2.24, 2.45) is 22.2 Å². The largest absolute Gasteiger partial charge is 0.409 e. The highest BCUT2D eigenvalue weighted by molar-refractivity contribution is 6.07. The third-order valence-electron chi connectivity index (χ3n) is 3.40. The van der Waals surface area contributed by atoms with Gasteiger partial charge in [0.25, 0.3) is 0 Å². The van der Waals surface area contributed by atoms with E-state index in [9.17, 15) is 4.79 Å². The van der Waals surface area contributed by atoms with Crippen LogP contribution in [0.5, 0.6) is 0 Å². The Bertz CT molecular complexity index is 448. The summed E-state index contributed by atoms with van der Waals surface area (Å²) in [5.74, 6) is 0.842. The van der Waals surface area contributed by atoms with Gasteiger partial charge in [0.05, 0.1) is 6.54 Å². The molecule has 1 aliphatic carbocycles. The van der Waals surface area contributed by atoms with E-state index in [1.54, 1.807) is 12.4 Å². The van der Waals surface area contributed by atoms with Gasteiger partial charge in [-0.25, -0.2) is 4.98 Å². The average Bonchev–Trinajstić information content (AvgIpc) is 2.83. The van der Waals surface area contributed by atoms with Gasteiger partial charge in [-0.2, -0.15) is 0 Å². The van der Waals surface area contributed by atoms with Crippen LogP contribution >= 0.6 is 0 Å². The van der Waals surface area contributed by atoms with Gasteiger partial charge in [-0.1, -0.05) is 12.1 Å². The summed E-state index contributed by atoms with van der Waals surface area (Å²) in [7, 11) is 0. The van der Waals surface area contributed by atoms with Gasteiger partial charge >= 0.3 is 0 Å². The molecular weight excluding hydrogens is 234 g/mol. The molecule has 0 aromatic carbocycles. The smallest absolute Gasteiger partial charge is 0.234 e. The zero-order chi connectivity index (χ0) is 13.2. The van der Waals surface area contributed by atoms with Crippen molar-refractivity contribution in [2.45, 2.75) is 26.3 Å². The number of amides is 1. The van der Waals surface area contributed by atoms with Crippen molar-refractivity contribution in [3.8, 4) is 0 Å². The molecule has 1 amide bonds. The van der Waals surface area contributed by atoms with Gasteiger partial charge in [0.2, 0.25) is 5.91 Å². The molecule has 0 saturated heterocycles. The van der Waals surface area contributed by atoms with Crippen LogP contribution in [0, 0.1) is 11.3 Å². The topological polar surface area (TPSA) is 116 Å². The monoisotopic (exact) mass is 251 g/mol. The van der Waals surface area contributed by atoms with Crippen LogP contribution < -0.4 is 11.1 Å². The summed E-state index contributed by atoms with van der Waals surface area (Å²) in [5, 5.41) is 14.5.